The van der Waals surface area contributed by atoms with E-state index in [1.807, 2.05) is 18.2 Å². The minimum atomic E-state index is 0.279. The molecule has 1 aromatic rings. The van der Waals surface area contributed by atoms with Crippen LogP contribution in [0.1, 0.15) is 5.56 Å². The van der Waals surface area contributed by atoms with Gasteiger partial charge in [-0.05, 0) is 23.8 Å². The van der Waals surface area contributed by atoms with Gasteiger partial charge in [-0.25, -0.2) is 0 Å². The fourth-order valence-electron chi connectivity index (χ4n) is 1.10. The summed E-state index contributed by atoms with van der Waals surface area (Å²) < 4.78 is 10.3. The van der Waals surface area contributed by atoms with E-state index in [9.17, 15) is 0 Å². The van der Waals surface area contributed by atoms with Gasteiger partial charge in [-0.2, -0.15) is 0 Å². The summed E-state index contributed by atoms with van der Waals surface area (Å²) in [5.74, 6) is 1.48. The zero-order valence-electron chi connectivity index (χ0n) is 6.36. The third-order valence-corrected chi connectivity index (χ3v) is 1.66. The molecular weight excluding hydrogens is 156 g/mol. The molecule has 0 saturated carbocycles. The molecule has 1 N–H and O–H groups in total. The molecule has 0 saturated heterocycles. The quantitative estimate of drug-likeness (QED) is 0.644. The van der Waals surface area contributed by atoms with Crippen LogP contribution in [0.15, 0.2) is 24.5 Å². The summed E-state index contributed by atoms with van der Waals surface area (Å²) in [6.07, 6.45) is 2.58. The maximum absolute atomic E-state index is 8.52. The van der Waals surface area contributed by atoms with Gasteiger partial charge in [-0.3, -0.25) is 0 Å². The van der Waals surface area contributed by atoms with Crippen LogP contribution in [0.25, 0.3) is 6.08 Å². The summed E-state index contributed by atoms with van der Waals surface area (Å²) in [7, 11) is 0. The zero-order valence-corrected chi connectivity index (χ0v) is 6.36. The molecule has 0 radical (unpaired) electrons. The van der Waals surface area contributed by atoms with Gasteiger partial charge in [0.1, 0.15) is 0 Å². The van der Waals surface area contributed by atoms with E-state index in [4.69, 9.17) is 14.6 Å². The van der Waals surface area contributed by atoms with E-state index in [1.165, 1.54) is 0 Å². The molecule has 0 atom stereocenters. The number of hydrogen-bond donors (Lipinski definition) is 1. The number of aliphatic hydroxyl groups is 1. The van der Waals surface area contributed by atoms with Gasteiger partial charge in [0.15, 0.2) is 11.5 Å². The molecule has 2 rings (SSSR count). The Morgan fingerprint density at radius 3 is 2.92 bits per heavy atom. The van der Waals surface area contributed by atoms with E-state index in [2.05, 4.69) is 0 Å². The van der Waals surface area contributed by atoms with Gasteiger partial charge < -0.3 is 14.6 Å². The molecule has 0 aromatic heterocycles. The third kappa shape index (κ3) is 1.09. The molecule has 1 aromatic carbocycles. The normalized spacial score (nSPS) is 14.0. The number of aliphatic hydroxyl groups excluding tert-OH is 1. The summed E-state index contributed by atoms with van der Waals surface area (Å²) in [5, 5.41) is 8.52. The monoisotopic (exact) mass is 164 g/mol. The molecule has 3 heteroatoms. The van der Waals surface area contributed by atoms with E-state index >= 15 is 0 Å². The fourth-order valence-corrected chi connectivity index (χ4v) is 1.10. The molecule has 12 heavy (non-hydrogen) atoms. The number of rotatable bonds is 1. The van der Waals surface area contributed by atoms with Gasteiger partial charge in [-0.1, -0.05) is 6.07 Å². The lowest BCUT2D eigenvalue weighted by Crippen LogP contribution is -1.92. The van der Waals surface area contributed by atoms with Crippen LogP contribution in [0.4, 0.5) is 0 Å². The Balaban J connectivity index is 2.38. The van der Waals surface area contributed by atoms with E-state index in [1.54, 1.807) is 6.08 Å². The van der Waals surface area contributed by atoms with Gasteiger partial charge in [0.25, 0.3) is 0 Å². The summed E-state index contributed by atoms with van der Waals surface area (Å²) in [5.41, 5.74) is 0.891. The van der Waals surface area contributed by atoms with Gasteiger partial charge in [-0.15, -0.1) is 0 Å². The van der Waals surface area contributed by atoms with Gasteiger partial charge in [0, 0.05) is 0 Å². The van der Waals surface area contributed by atoms with Crippen LogP contribution in [0.5, 0.6) is 11.5 Å². The number of hydrogen-bond acceptors (Lipinski definition) is 3. The first-order chi connectivity index (χ1) is 5.90. The highest BCUT2D eigenvalue weighted by Crippen LogP contribution is 2.32. The molecular formula is C9H8O3. The van der Waals surface area contributed by atoms with Crippen molar-refractivity contribution in [1.29, 1.82) is 0 Å². The van der Waals surface area contributed by atoms with Crippen LogP contribution in [0.3, 0.4) is 0 Å². The topological polar surface area (TPSA) is 38.7 Å². The molecule has 1 aliphatic heterocycles. The highest BCUT2D eigenvalue weighted by Gasteiger charge is 2.11. The van der Waals surface area contributed by atoms with Crippen molar-refractivity contribution in [3.8, 4) is 11.5 Å². The molecule has 0 unspecified atom stereocenters. The second-order valence-corrected chi connectivity index (χ2v) is 2.43. The van der Waals surface area contributed by atoms with Crippen LogP contribution >= 0.6 is 0 Å². The van der Waals surface area contributed by atoms with E-state index in [-0.39, 0.29) is 6.79 Å². The fraction of sp³-hybridized carbons (Fsp3) is 0.111. The maximum atomic E-state index is 8.52. The van der Waals surface area contributed by atoms with Crippen molar-refractivity contribution in [2.24, 2.45) is 0 Å². The van der Waals surface area contributed by atoms with Gasteiger partial charge in [0.2, 0.25) is 6.79 Å². The Morgan fingerprint density at radius 1 is 1.25 bits per heavy atom. The lowest BCUT2D eigenvalue weighted by atomic mass is 10.2. The summed E-state index contributed by atoms with van der Waals surface area (Å²) in [6.45, 7) is 0.279. The molecule has 0 amide bonds. The minimum absolute atomic E-state index is 0.279. The Hall–Kier alpha value is -1.64. The van der Waals surface area contributed by atoms with Gasteiger partial charge in [0.05, 0.1) is 6.26 Å². The zero-order chi connectivity index (χ0) is 8.39. The Labute approximate surface area is 69.9 Å². The van der Waals surface area contributed by atoms with E-state index in [0.717, 1.165) is 23.3 Å². The van der Waals surface area contributed by atoms with Crippen molar-refractivity contribution in [3.05, 3.63) is 30.0 Å². The molecule has 62 valence electrons. The largest absolute Gasteiger partial charge is 0.516 e. The number of benzene rings is 1. The number of fused-ring (bicyclic) bond motifs is 1. The minimum Gasteiger partial charge on any atom is -0.516 e. The third-order valence-electron chi connectivity index (χ3n) is 1.66. The van der Waals surface area contributed by atoms with E-state index in [0.29, 0.717) is 0 Å². The second kappa shape index (κ2) is 2.77. The average molecular weight is 164 g/mol. The summed E-state index contributed by atoms with van der Waals surface area (Å²) in [6, 6.07) is 5.48. The SMILES string of the molecule is OC=Cc1ccc2c(c1)OCO2. The summed E-state index contributed by atoms with van der Waals surface area (Å²) in [4.78, 5) is 0. The first kappa shape index (κ1) is 7.03. The first-order valence-electron chi connectivity index (χ1n) is 3.60. The molecule has 1 aliphatic rings. The van der Waals surface area contributed by atoms with Crippen molar-refractivity contribution in [2.45, 2.75) is 0 Å². The Morgan fingerprint density at radius 2 is 2.08 bits per heavy atom. The highest BCUT2D eigenvalue weighted by atomic mass is 16.7. The standard InChI is InChI=1S/C9H8O3/c10-4-3-7-1-2-8-9(5-7)12-6-11-8/h1-5,10H,6H2. The maximum Gasteiger partial charge on any atom is 0.231 e. The molecule has 3 nitrogen and oxygen atoms in total. The lowest BCUT2D eigenvalue weighted by molar-refractivity contribution is 0.174. The van der Waals surface area contributed by atoms with Crippen LogP contribution < -0.4 is 9.47 Å². The van der Waals surface area contributed by atoms with Crippen LogP contribution in [-0.2, 0) is 0 Å². The van der Waals surface area contributed by atoms with Crippen molar-refractivity contribution < 1.29 is 14.6 Å². The van der Waals surface area contributed by atoms with Crippen molar-refractivity contribution >= 4 is 6.08 Å². The Kier molecular flexibility index (Phi) is 1.63. The van der Waals surface area contributed by atoms with Crippen LogP contribution in [-0.4, -0.2) is 11.9 Å². The van der Waals surface area contributed by atoms with Crippen molar-refractivity contribution in [2.75, 3.05) is 6.79 Å². The van der Waals surface area contributed by atoms with Crippen LogP contribution in [0.2, 0.25) is 0 Å². The van der Waals surface area contributed by atoms with Crippen LogP contribution in [0, 0.1) is 0 Å². The van der Waals surface area contributed by atoms with Gasteiger partial charge >= 0.3 is 0 Å². The lowest BCUT2D eigenvalue weighted by Gasteiger charge is -1.96. The second-order valence-electron chi connectivity index (χ2n) is 2.43. The molecule has 0 aliphatic carbocycles. The molecule has 0 spiro atoms. The smallest absolute Gasteiger partial charge is 0.231 e. The summed E-state index contributed by atoms with van der Waals surface area (Å²) >= 11 is 0. The first-order valence-corrected chi connectivity index (χ1v) is 3.60. The predicted molar refractivity (Wildman–Crippen MR) is 44.2 cm³/mol. The van der Waals surface area contributed by atoms with Crippen molar-refractivity contribution in [3.63, 3.8) is 0 Å². The number of ether oxygens (including phenoxy) is 2. The average Bonchev–Trinajstić information content (AvgIpc) is 2.51. The molecule has 0 fully saturated rings. The molecule has 1 heterocycles. The highest BCUT2D eigenvalue weighted by molar-refractivity contribution is 5.55. The molecule has 0 bridgehead atoms. The van der Waals surface area contributed by atoms with Crippen molar-refractivity contribution in [1.82, 2.24) is 0 Å². The predicted octanol–water partition coefficient (Wildman–Crippen LogP) is 1.94. The Bertz CT molecular complexity index is 318. The van der Waals surface area contributed by atoms with E-state index < -0.39 is 0 Å².